The number of hydrogen-bond acceptors (Lipinski definition) is 2. The van der Waals surface area contributed by atoms with Gasteiger partial charge in [0.25, 0.3) is 0 Å². The summed E-state index contributed by atoms with van der Waals surface area (Å²) in [6.07, 6.45) is 11.4. The molecular weight excluding hydrogens is 198 g/mol. The molecule has 2 rings (SSSR count). The van der Waals surface area contributed by atoms with E-state index < -0.39 is 0 Å². The fraction of sp³-hybridized carbons (Fsp3) is 1.00. The summed E-state index contributed by atoms with van der Waals surface area (Å²) in [4.78, 5) is 0. The summed E-state index contributed by atoms with van der Waals surface area (Å²) in [6.45, 7) is 2.29. The molecule has 0 amide bonds. The Kier molecular flexibility index (Phi) is 4.66. The van der Waals surface area contributed by atoms with Crippen molar-refractivity contribution >= 4 is 0 Å². The van der Waals surface area contributed by atoms with Gasteiger partial charge in [0.1, 0.15) is 0 Å². The minimum Gasteiger partial charge on any atom is -0.392 e. The predicted octanol–water partition coefficient (Wildman–Crippen LogP) is 2.85. The van der Waals surface area contributed by atoms with Gasteiger partial charge in [-0.25, -0.2) is 0 Å². The van der Waals surface area contributed by atoms with Gasteiger partial charge in [-0.3, -0.25) is 0 Å². The Bertz CT molecular complexity index is 203. The van der Waals surface area contributed by atoms with E-state index in [9.17, 15) is 5.11 Å². The lowest BCUT2D eigenvalue weighted by Crippen LogP contribution is -2.44. The Balaban J connectivity index is 1.72. The summed E-state index contributed by atoms with van der Waals surface area (Å²) in [5.41, 5.74) is 0. The molecule has 2 heteroatoms. The minimum absolute atomic E-state index is 0.105. The Morgan fingerprint density at radius 2 is 1.81 bits per heavy atom. The molecule has 2 fully saturated rings. The van der Waals surface area contributed by atoms with Crippen LogP contribution in [0.5, 0.6) is 0 Å². The number of aliphatic hydroxyl groups is 1. The molecule has 2 aliphatic rings. The third-order valence-corrected chi connectivity index (χ3v) is 4.39. The van der Waals surface area contributed by atoms with Crippen LogP contribution in [0.4, 0.5) is 0 Å². The largest absolute Gasteiger partial charge is 0.392 e. The van der Waals surface area contributed by atoms with Crippen LogP contribution in [0.25, 0.3) is 0 Å². The van der Waals surface area contributed by atoms with Gasteiger partial charge >= 0.3 is 0 Å². The highest BCUT2D eigenvalue weighted by Crippen LogP contribution is 2.30. The second kappa shape index (κ2) is 6.02. The Hall–Kier alpha value is -0.0800. The van der Waals surface area contributed by atoms with Crippen molar-refractivity contribution in [2.75, 3.05) is 0 Å². The number of rotatable bonds is 4. The standard InChI is InChI=1S/C14H27NO/c1-11(10-12-6-5-7-12)15-13-8-3-2-4-9-14(13)16/h11-16H,2-10H2,1H3. The second-order valence-electron chi connectivity index (χ2n) is 5.91. The van der Waals surface area contributed by atoms with Crippen molar-refractivity contribution in [2.24, 2.45) is 5.92 Å². The van der Waals surface area contributed by atoms with Crippen molar-refractivity contribution < 1.29 is 5.11 Å². The van der Waals surface area contributed by atoms with Crippen LogP contribution in [-0.2, 0) is 0 Å². The maximum Gasteiger partial charge on any atom is 0.0693 e. The van der Waals surface area contributed by atoms with Crippen molar-refractivity contribution in [1.29, 1.82) is 0 Å². The van der Waals surface area contributed by atoms with E-state index in [-0.39, 0.29) is 6.10 Å². The van der Waals surface area contributed by atoms with Gasteiger partial charge in [-0.1, -0.05) is 38.5 Å². The van der Waals surface area contributed by atoms with Crippen LogP contribution in [0.15, 0.2) is 0 Å². The molecule has 0 bridgehead atoms. The number of hydrogen-bond donors (Lipinski definition) is 2. The van der Waals surface area contributed by atoms with Gasteiger partial charge in [0.05, 0.1) is 6.10 Å². The van der Waals surface area contributed by atoms with E-state index in [0.29, 0.717) is 12.1 Å². The van der Waals surface area contributed by atoms with E-state index in [4.69, 9.17) is 0 Å². The number of aliphatic hydroxyl groups excluding tert-OH is 1. The summed E-state index contributed by atoms with van der Waals surface area (Å²) >= 11 is 0. The number of nitrogens with one attached hydrogen (secondary N) is 1. The Morgan fingerprint density at radius 1 is 1.06 bits per heavy atom. The first-order chi connectivity index (χ1) is 7.75. The van der Waals surface area contributed by atoms with Crippen molar-refractivity contribution in [3.63, 3.8) is 0 Å². The molecule has 0 radical (unpaired) electrons. The lowest BCUT2D eigenvalue weighted by molar-refractivity contribution is 0.110. The van der Waals surface area contributed by atoms with Crippen molar-refractivity contribution in [3.8, 4) is 0 Å². The summed E-state index contributed by atoms with van der Waals surface area (Å²) in [6, 6.07) is 0.945. The van der Waals surface area contributed by atoms with E-state index in [1.165, 1.54) is 44.9 Å². The Morgan fingerprint density at radius 3 is 2.50 bits per heavy atom. The van der Waals surface area contributed by atoms with Crippen LogP contribution in [0, 0.1) is 5.92 Å². The minimum atomic E-state index is -0.105. The topological polar surface area (TPSA) is 32.3 Å². The highest BCUT2D eigenvalue weighted by atomic mass is 16.3. The maximum atomic E-state index is 10.0. The van der Waals surface area contributed by atoms with Gasteiger partial charge < -0.3 is 10.4 Å². The van der Waals surface area contributed by atoms with Crippen LogP contribution >= 0.6 is 0 Å². The van der Waals surface area contributed by atoms with Gasteiger partial charge in [0.2, 0.25) is 0 Å². The fourth-order valence-corrected chi connectivity index (χ4v) is 3.14. The molecule has 94 valence electrons. The summed E-state index contributed by atoms with van der Waals surface area (Å²) in [5, 5.41) is 13.7. The van der Waals surface area contributed by atoms with Crippen LogP contribution in [-0.4, -0.2) is 23.3 Å². The molecule has 3 unspecified atom stereocenters. The first kappa shape index (κ1) is 12.4. The van der Waals surface area contributed by atoms with Crippen molar-refractivity contribution in [3.05, 3.63) is 0 Å². The molecule has 16 heavy (non-hydrogen) atoms. The summed E-state index contributed by atoms with van der Waals surface area (Å²) in [5.74, 6) is 0.963. The molecule has 2 N–H and O–H groups in total. The van der Waals surface area contributed by atoms with Crippen molar-refractivity contribution in [2.45, 2.75) is 82.9 Å². The molecule has 0 aromatic heterocycles. The van der Waals surface area contributed by atoms with E-state index in [0.717, 1.165) is 18.8 Å². The van der Waals surface area contributed by atoms with Crippen LogP contribution < -0.4 is 5.32 Å². The average Bonchev–Trinajstić information content (AvgIpc) is 2.39. The molecule has 0 aromatic carbocycles. The SMILES string of the molecule is CC(CC1CCC1)NC1CCCCCC1O. The monoisotopic (exact) mass is 225 g/mol. The summed E-state index contributed by atoms with van der Waals surface area (Å²) in [7, 11) is 0. The molecule has 2 aliphatic carbocycles. The quantitative estimate of drug-likeness (QED) is 0.721. The fourth-order valence-electron chi connectivity index (χ4n) is 3.14. The summed E-state index contributed by atoms with van der Waals surface area (Å²) < 4.78 is 0. The van der Waals surface area contributed by atoms with Crippen molar-refractivity contribution in [1.82, 2.24) is 5.32 Å². The van der Waals surface area contributed by atoms with Crippen LogP contribution in [0.1, 0.15) is 64.7 Å². The van der Waals surface area contributed by atoms with E-state index >= 15 is 0 Å². The van der Waals surface area contributed by atoms with E-state index in [2.05, 4.69) is 12.2 Å². The maximum absolute atomic E-state index is 10.0. The highest BCUT2D eigenvalue weighted by molar-refractivity contribution is 4.83. The van der Waals surface area contributed by atoms with Gasteiger partial charge in [-0.15, -0.1) is 0 Å². The smallest absolute Gasteiger partial charge is 0.0693 e. The zero-order chi connectivity index (χ0) is 11.4. The molecule has 2 nitrogen and oxygen atoms in total. The van der Waals surface area contributed by atoms with Gasteiger partial charge in [0, 0.05) is 12.1 Å². The normalized spacial score (nSPS) is 34.1. The molecule has 3 atom stereocenters. The lowest BCUT2D eigenvalue weighted by atomic mass is 9.81. The zero-order valence-electron chi connectivity index (χ0n) is 10.6. The van der Waals surface area contributed by atoms with Crippen LogP contribution in [0.3, 0.4) is 0 Å². The molecule has 0 spiro atoms. The third-order valence-electron chi connectivity index (χ3n) is 4.39. The first-order valence-electron chi connectivity index (χ1n) is 7.20. The first-order valence-corrected chi connectivity index (χ1v) is 7.20. The van der Waals surface area contributed by atoms with Crippen LogP contribution in [0.2, 0.25) is 0 Å². The second-order valence-corrected chi connectivity index (χ2v) is 5.91. The highest BCUT2D eigenvalue weighted by Gasteiger charge is 2.25. The van der Waals surface area contributed by atoms with E-state index in [1.54, 1.807) is 0 Å². The molecule has 0 aromatic rings. The molecule has 0 heterocycles. The molecular formula is C14H27NO. The van der Waals surface area contributed by atoms with Gasteiger partial charge in [-0.2, -0.15) is 0 Å². The average molecular weight is 225 g/mol. The molecule has 0 aliphatic heterocycles. The lowest BCUT2D eigenvalue weighted by Gasteiger charge is -2.31. The van der Waals surface area contributed by atoms with Gasteiger partial charge in [-0.05, 0) is 32.1 Å². The third kappa shape index (κ3) is 3.46. The zero-order valence-corrected chi connectivity index (χ0v) is 10.6. The van der Waals surface area contributed by atoms with Gasteiger partial charge in [0.15, 0.2) is 0 Å². The Labute approximate surface area is 99.8 Å². The molecule has 0 saturated heterocycles. The molecule has 2 saturated carbocycles. The van der Waals surface area contributed by atoms with E-state index in [1.807, 2.05) is 0 Å². The predicted molar refractivity (Wildman–Crippen MR) is 67.4 cm³/mol.